The highest BCUT2D eigenvalue weighted by atomic mass is 19.1. The third kappa shape index (κ3) is 3.11. The fourth-order valence-electron chi connectivity index (χ4n) is 1.75. The van der Waals surface area contributed by atoms with Crippen LogP contribution in [0.4, 0.5) is 20.2 Å². The van der Waals surface area contributed by atoms with Gasteiger partial charge in [-0.1, -0.05) is 6.07 Å². The van der Waals surface area contributed by atoms with Gasteiger partial charge in [0.05, 0.1) is 17.9 Å². The molecule has 0 aliphatic rings. The largest absolute Gasteiger partial charge is 0.373 e. The summed E-state index contributed by atoms with van der Waals surface area (Å²) in [5.41, 5.74) is 0.983. The zero-order valence-electron chi connectivity index (χ0n) is 11.1. The Kier molecular flexibility index (Phi) is 3.97. The van der Waals surface area contributed by atoms with Crippen molar-refractivity contribution in [2.45, 2.75) is 6.92 Å². The molecule has 1 aromatic heterocycles. The van der Waals surface area contributed by atoms with Crippen molar-refractivity contribution in [3.8, 4) is 0 Å². The summed E-state index contributed by atoms with van der Waals surface area (Å²) in [6, 6.07) is 3.40. The van der Waals surface area contributed by atoms with Crippen LogP contribution >= 0.6 is 0 Å². The van der Waals surface area contributed by atoms with E-state index in [-0.39, 0.29) is 6.54 Å². The van der Waals surface area contributed by atoms with Gasteiger partial charge in [0.15, 0.2) is 0 Å². The van der Waals surface area contributed by atoms with Crippen molar-refractivity contribution in [3.63, 3.8) is 0 Å². The number of carbonyl (C=O) groups is 1. The van der Waals surface area contributed by atoms with Crippen molar-refractivity contribution in [3.05, 3.63) is 41.7 Å². The molecule has 0 aliphatic heterocycles. The monoisotopic (exact) mass is 280 g/mol. The van der Waals surface area contributed by atoms with E-state index < -0.39 is 23.2 Å². The second-order valence-electron chi connectivity index (χ2n) is 4.30. The van der Waals surface area contributed by atoms with Gasteiger partial charge in [0.2, 0.25) is 5.91 Å². The van der Waals surface area contributed by atoms with Gasteiger partial charge in [0, 0.05) is 13.2 Å². The predicted molar refractivity (Wildman–Crippen MR) is 71.4 cm³/mol. The average molecular weight is 280 g/mol. The first kappa shape index (κ1) is 14.0. The first-order valence-corrected chi connectivity index (χ1v) is 5.95. The lowest BCUT2D eigenvalue weighted by Crippen LogP contribution is -2.23. The molecule has 2 rings (SSSR count). The normalized spacial score (nSPS) is 10.4. The second kappa shape index (κ2) is 5.68. The molecule has 7 heteroatoms. The SMILES string of the molecule is Cc1nn(C)cc1NCC(=O)Nc1c(F)cccc1F. The topological polar surface area (TPSA) is 59.0 Å². The van der Waals surface area contributed by atoms with Gasteiger partial charge >= 0.3 is 0 Å². The van der Waals surface area contributed by atoms with Crippen LogP contribution < -0.4 is 10.6 Å². The van der Waals surface area contributed by atoms with Crippen molar-refractivity contribution >= 4 is 17.3 Å². The van der Waals surface area contributed by atoms with Crippen molar-refractivity contribution in [1.82, 2.24) is 9.78 Å². The van der Waals surface area contributed by atoms with E-state index in [4.69, 9.17) is 0 Å². The standard InChI is InChI=1S/C13H14F2N4O/c1-8-11(7-19(2)18-8)16-6-12(20)17-13-9(14)4-3-5-10(13)15/h3-5,7,16H,6H2,1-2H3,(H,17,20). The Labute approximate surface area is 114 Å². The van der Waals surface area contributed by atoms with Crippen LogP contribution in [0.25, 0.3) is 0 Å². The van der Waals surface area contributed by atoms with Gasteiger partial charge in [-0.15, -0.1) is 0 Å². The van der Waals surface area contributed by atoms with E-state index in [9.17, 15) is 13.6 Å². The molecule has 1 amide bonds. The number of halogens is 2. The molecule has 0 bridgehead atoms. The number of amides is 1. The molecule has 1 heterocycles. The highest BCUT2D eigenvalue weighted by Gasteiger charge is 2.12. The van der Waals surface area contributed by atoms with Crippen molar-refractivity contribution in [2.24, 2.45) is 7.05 Å². The predicted octanol–water partition coefficient (Wildman–Crippen LogP) is 2.06. The van der Waals surface area contributed by atoms with Crippen LogP contribution in [0.5, 0.6) is 0 Å². The Balaban J connectivity index is 1.98. The summed E-state index contributed by atoms with van der Waals surface area (Å²) in [5, 5.41) is 9.15. The maximum absolute atomic E-state index is 13.4. The number of rotatable bonds is 4. The van der Waals surface area contributed by atoms with Crippen LogP contribution in [0.2, 0.25) is 0 Å². The minimum Gasteiger partial charge on any atom is -0.373 e. The fraction of sp³-hybridized carbons (Fsp3) is 0.231. The number of carbonyl (C=O) groups excluding carboxylic acids is 1. The molecule has 0 atom stereocenters. The lowest BCUT2D eigenvalue weighted by molar-refractivity contribution is -0.114. The van der Waals surface area contributed by atoms with Crippen LogP contribution in [-0.2, 0) is 11.8 Å². The summed E-state index contributed by atoms with van der Waals surface area (Å²) in [4.78, 5) is 11.7. The van der Waals surface area contributed by atoms with E-state index >= 15 is 0 Å². The molecular formula is C13H14F2N4O. The van der Waals surface area contributed by atoms with Gasteiger partial charge in [-0.05, 0) is 19.1 Å². The van der Waals surface area contributed by atoms with E-state index in [0.717, 1.165) is 17.8 Å². The highest BCUT2D eigenvalue weighted by Crippen LogP contribution is 2.18. The number of nitrogens with zero attached hydrogens (tertiary/aromatic N) is 2. The van der Waals surface area contributed by atoms with Gasteiger partial charge in [0.25, 0.3) is 0 Å². The molecule has 0 fully saturated rings. The summed E-state index contributed by atoms with van der Waals surface area (Å²) in [7, 11) is 1.76. The van der Waals surface area contributed by atoms with Gasteiger partial charge in [-0.2, -0.15) is 5.10 Å². The average Bonchev–Trinajstić information content (AvgIpc) is 2.70. The molecule has 0 radical (unpaired) electrons. The Morgan fingerprint density at radius 3 is 2.55 bits per heavy atom. The van der Waals surface area contributed by atoms with Crippen molar-refractivity contribution < 1.29 is 13.6 Å². The van der Waals surface area contributed by atoms with E-state index in [0.29, 0.717) is 5.69 Å². The number of nitrogens with one attached hydrogen (secondary N) is 2. The Bertz CT molecular complexity index is 619. The number of hydrogen-bond donors (Lipinski definition) is 2. The maximum Gasteiger partial charge on any atom is 0.243 e. The van der Waals surface area contributed by atoms with Crippen LogP contribution in [0.15, 0.2) is 24.4 Å². The van der Waals surface area contributed by atoms with Crippen LogP contribution in [0, 0.1) is 18.6 Å². The third-order valence-electron chi connectivity index (χ3n) is 2.68. The van der Waals surface area contributed by atoms with Gasteiger partial charge in [-0.25, -0.2) is 8.78 Å². The Morgan fingerprint density at radius 2 is 2.00 bits per heavy atom. The minimum absolute atomic E-state index is 0.111. The number of aryl methyl sites for hydroxylation is 2. The molecule has 20 heavy (non-hydrogen) atoms. The summed E-state index contributed by atoms with van der Waals surface area (Å²) in [6.45, 7) is 1.68. The van der Waals surface area contributed by atoms with E-state index in [2.05, 4.69) is 15.7 Å². The van der Waals surface area contributed by atoms with Crippen LogP contribution in [-0.4, -0.2) is 22.2 Å². The molecule has 2 aromatic rings. The second-order valence-corrected chi connectivity index (χ2v) is 4.30. The van der Waals surface area contributed by atoms with Crippen LogP contribution in [0.1, 0.15) is 5.69 Å². The third-order valence-corrected chi connectivity index (χ3v) is 2.68. The molecule has 0 saturated heterocycles. The number of hydrogen-bond acceptors (Lipinski definition) is 3. The number of aromatic nitrogens is 2. The molecule has 1 aromatic carbocycles. The maximum atomic E-state index is 13.4. The summed E-state index contributed by atoms with van der Waals surface area (Å²) in [5.74, 6) is -2.16. The smallest absolute Gasteiger partial charge is 0.243 e. The van der Waals surface area contributed by atoms with Gasteiger partial charge in [-0.3, -0.25) is 9.48 Å². The van der Waals surface area contributed by atoms with Crippen LogP contribution in [0.3, 0.4) is 0 Å². The molecule has 0 unspecified atom stereocenters. The fourth-order valence-corrected chi connectivity index (χ4v) is 1.75. The lowest BCUT2D eigenvalue weighted by atomic mass is 10.3. The summed E-state index contributed by atoms with van der Waals surface area (Å²) in [6.07, 6.45) is 1.71. The van der Waals surface area contributed by atoms with E-state index in [1.54, 1.807) is 24.9 Å². The number of para-hydroxylation sites is 1. The summed E-state index contributed by atoms with van der Waals surface area (Å²) >= 11 is 0. The molecule has 106 valence electrons. The molecule has 0 saturated carbocycles. The van der Waals surface area contributed by atoms with Gasteiger partial charge < -0.3 is 10.6 Å². The van der Waals surface area contributed by atoms with Crippen molar-refractivity contribution in [2.75, 3.05) is 17.2 Å². The van der Waals surface area contributed by atoms with Crippen molar-refractivity contribution in [1.29, 1.82) is 0 Å². The Hall–Kier alpha value is -2.44. The molecule has 5 nitrogen and oxygen atoms in total. The lowest BCUT2D eigenvalue weighted by Gasteiger charge is -2.08. The Morgan fingerprint density at radius 1 is 1.35 bits per heavy atom. The number of benzene rings is 1. The molecule has 2 N–H and O–H groups in total. The highest BCUT2D eigenvalue weighted by molar-refractivity contribution is 5.94. The zero-order chi connectivity index (χ0) is 14.7. The zero-order valence-corrected chi connectivity index (χ0v) is 11.1. The van der Waals surface area contributed by atoms with E-state index in [1.807, 2.05) is 0 Å². The molecule has 0 aliphatic carbocycles. The van der Waals surface area contributed by atoms with Gasteiger partial charge in [0.1, 0.15) is 17.3 Å². The first-order chi connectivity index (χ1) is 9.47. The summed E-state index contributed by atoms with van der Waals surface area (Å²) < 4.78 is 28.3. The molecule has 0 spiro atoms. The quantitative estimate of drug-likeness (QED) is 0.901. The van der Waals surface area contributed by atoms with E-state index in [1.165, 1.54) is 6.07 Å². The number of anilines is 2. The first-order valence-electron chi connectivity index (χ1n) is 5.95. The minimum atomic E-state index is -0.809. The molecular weight excluding hydrogens is 266 g/mol.